The van der Waals surface area contributed by atoms with E-state index in [9.17, 15) is 0 Å². The molecular weight excluding hydrogens is 300 g/mol. The van der Waals surface area contributed by atoms with Crippen LogP contribution in [0.1, 0.15) is 31.9 Å². The highest BCUT2D eigenvalue weighted by molar-refractivity contribution is 9.10. The van der Waals surface area contributed by atoms with Crippen molar-refractivity contribution in [3.8, 4) is 0 Å². The van der Waals surface area contributed by atoms with Crippen LogP contribution in [0, 0.1) is 6.92 Å². The van der Waals surface area contributed by atoms with Gasteiger partial charge in [-0.15, -0.1) is 0 Å². The molecule has 0 fully saturated rings. The lowest BCUT2D eigenvalue weighted by atomic mass is 9.86. The summed E-state index contributed by atoms with van der Waals surface area (Å²) in [5, 5.41) is 3.43. The molecule has 100 valence electrons. The molecule has 1 N–H and O–H groups in total. The summed E-state index contributed by atoms with van der Waals surface area (Å²) in [7, 11) is 0. The maximum atomic E-state index is 4.40. The van der Waals surface area contributed by atoms with Gasteiger partial charge in [0, 0.05) is 11.9 Å². The van der Waals surface area contributed by atoms with Crippen molar-refractivity contribution in [1.29, 1.82) is 0 Å². The van der Waals surface area contributed by atoms with Crippen molar-refractivity contribution in [2.75, 3.05) is 5.32 Å². The fourth-order valence-electron chi connectivity index (χ4n) is 2.00. The van der Waals surface area contributed by atoms with E-state index in [1.165, 1.54) is 11.1 Å². The van der Waals surface area contributed by atoms with Crippen molar-refractivity contribution in [3.63, 3.8) is 0 Å². The Morgan fingerprint density at radius 3 is 2.47 bits per heavy atom. The molecule has 1 aromatic carbocycles. The van der Waals surface area contributed by atoms with E-state index in [2.05, 4.69) is 72.1 Å². The highest BCUT2D eigenvalue weighted by Crippen LogP contribution is 2.33. The summed E-state index contributed by atoms with van der Waals surface area (Å²) >= 11 is 3.59. The Morgan fingerprint density at radius 2 is 1.79 bits per heavy atom. The molecule has 0 spiro atoms. The maximum Gasteiger partial charge on any atom is 0.144 e. The number of aromatic nitrogens is 1. The van der Waals surface area contributed by atoms with E-state index in [1.54, 1.807) is 0 Å². The van der Waals surface area contributed by atoms with Gasteiger partial charge in [-0.2, -0.15) is 0 Å². The SMILES string of the molecule is Cc1ccnc(Nc2ccccc2C(C)(C)C)c1Br. The first kappa shape index (κ1) is 14.1. The van der Waals surface area contributed by atoms with E-state index in [0.717, 1.165) is 16.0 Å². The number of pyridine rings is 1. The number of para-hydroxylation sites is 1. The highest BCUT2D eigenvalue weighted by Gasteiger charge is 2.18. The van der Waals surface area contributed by atoms with Crippen LogP contribution >= 0.6 is 15.9 Å². The first-order valence-corrected chi connectivity index (χ1v) is 7.16. The fourth-order valence-corrected chi connectivity index (χ4v) is 2.33. The van der Waals surface area contributed by atoms with Crippen molar-refractivity contribution in [2.45, 2.75) is 33.1 Å². The molecule has 2 rings (SSSR count). The van der Waals surface area contributed by atoms with Crippen molar-refractivity contribution in [3.05, 3.63) is 52.1 Å². The van der Waals surface area contributed by atoms with Crippen molar-refractivity contribution < 1.29 is 0 Å². The average Bonchev–Trinajstić information content (AvgIpc) is 2.34. The van der Waals surface area contributed by atoms with Crippen LogP contribution in [0.4, 0.5) is 11.5 Å². The number of hydrogen-bond acceptors (Lipinski definition) is 2. The lowest BCUT2D eigenvalue weighted by Gasteiger charge is -2.23. The van der Waals surface area contributed by atoms with Crippen LogP contribution in [0.15, 0.2) is 41.0 Å². The second-order valence-corrected chi connectivity index (χ2v) is 6.50. The molecule has 2 aromatic rings. The van der Waals surface area contributed by atoms with E-state index >= 15 is 0 Å². The zero-order valence-corrected chi connectivity index (χ0v) is 13.4. The number of nitrogens with zero attached hydrogens (tertiary/aromatic N) is 1. The molecule has 0 unspecified atom stereocenters. The van der Waals surface area contributed by atoms with Crippen LogP contribution in [0.3, 0.4) is 0 Å². The molecule has 0 bridgehead atoms. The van der Waals surface area contributed by atoms with Crippen LogP contribution in [0.5, 0.6) is 0 Å². The molecule has 0 aliphatic heterocycles. The molecule has 0 aliphatic carbocycles. The van der Waals surface area contributed by atoms with Crippen LogP contribution in [-0.4, -0.2) is 4.98 Å². The van der Waals surface area contributed by atoms with Gasteiger partial charge < -0.3 is 5.32 Å². The second-order valence-electron chi connectivity index (χ2n) is 5.71. The number of benzene rings is 1. The standard InChI is InChI=1S/C16H19BrN2/c1-11-9-10-18-15(14(11)17)19-13-8-6-5-7-12(13)16(2,3)4/h5-10H,1-4H3,(H,18,19). The third-order valence-electron chi connectivity index (χ3n) is 3.07. The fraction of sp³-hybridized carbons (Fsp3) is 0.312. The summed E-state index contributed by atoms with van der Waals surface area (Å²) in [4.78, 5) is 4.40. The van der Waals surface area contributed by atoms with Gasteiger partial charge in [-0.25, -0.2) is 4.98 Å². The van der Waals surface area contributed by atoms with E-state index in [1.807, 2.05) is 18.3 Å². The Balaban J connectivity index is 2.42. The number of rotatable bonds is 2. The van der Waals surface area contributed by atoms with Gasteiger partial charge in [0.15, 0.2) is 0 Å². The van der Waals surface area contributed by atoms with Gasteiger partial charge in [0.1, 0.15) is 5.82 Å². The molecule has 0 saturated heterocycles. The van der Waals surface area contributed by atoms with Gasteiger partial charge in [0.05, 0.1) is 4.47 Å². The maximum absolute atomic E-state index is 4.40. The molecule has 3 heteroatoms. The van der Waals surface area contributed by atoms with Gasteiger partial charge in [0.2, 0.25) is 0 Å². The molecule has 0 atom stereocenters. The Bertz CT molecular complexity index is 586. The highest BCUT2D eigenvalue weighted by atomic mass is 79.9. The quantitative estimate of drug-likeness (QED) is 0.823. The number of hydrogen-bond donors (Lipinski definition) is 1. The number of nitrogens with one attached hydrogen (secondary N) is 1. The summed E-state index contributed by atoms with van der Waals surface area (Å²) in [6.07, 6.45) is 1.82. The normalized spacial score (nSPS) is 11.4. The molecule has 1 heterocycles. The third-order valence-corrected chi connectivity index (χ3v) is 4.07. The van der Waals surface area contributed by atoms with Crippen LogP contribution in [0.2, 0.25) is 0 Å². The third kappa shape index (κ3) is 3.16. The van der Waals surface area contributed by atoms with Gasteiger partial charge in [0.25, 0.3) is 0 Å². The molecule has 2 nitrogen and oxygen atoms in total. The summed E-state index contributed by atoms with van der Waals surface area (Å²) in [6, 6.07) is 10.4. The van der Waals surface area contributed by atoms with E-state index in [-0.39, 0.29) is 5.41 Å². The van der Waals surface area contributed by atoms with E-state index in [0.29, 0.717) is 0 Å². The zero-order valence-electron chi connectivity index (χ0n) is 11.8. The first-order valence-electron chi connectivity index (χ1n) is 6.37. The predicted octanol–water partition coefficient (Wildman–Crippen LogP) is 5.19. The van der Waals surface area contributed by atoms with Crippen molar-refractivity contribution in [1.82, 2.24) is 4.98 Å². The Kier molecular flexibility index (Phi) is 3.95. The van der Waals surface area contributed by atoms with Crippen LogP contribution in [0.25, 0.3) is 0 Å². The number of aryl methyl sites for hydroxylation is 1. The Hall–Kier alpha value is -1.35. The summed E-state index contributed by atoms with van der Waals surface area (Å²) in [5.41, 5.74) is 3.66. The van der Waals surface area contributed by atoms with E-state index in [4.69, 9.17) is 0 Å². The minimum Gasteiger partial charge on any atom is -0.339 e. The summed E-state index contributed by atoms with van der Waals surface area (Å²) < 4.78 is 1.01. The van der Waals surface area contributed by atoms with Crippen LogP contribution in [-0.2, 0) is 5.41 Å². The van der Waals surface area contributed by atoms with Gasteiger partial charge in [-0.05, 0) is 51.5 Å². The number of halogens is 1. The monoisotopic (exact) mass is 318 g/mol. The molecular formula is C16H19BrN2. The molecule has 0 saturated carbocycles. The molecule has 0 amide bonds. The van der Waals surface area contributed by atoms with Gasteiger partial charge in [-0.3, -0.25) is 0 Å². The van der Waals surface area contributed by atoms with Gasteiger partial charge >= 0.3 is 0 Å². The zero-order chi connectivity index (χ0) is 14.0. The van der Waals surface area contributed by atoms with Gasteiger partial charge in [-0.1, -0.05) is 39.0 Å². The van der Waals surface area contributed by atoms with Crippen LogP contribution < -0.4 is 5.32 Å². The Labute approximate surface area is 123 Å². The summed E-state index contributed by atoms with van der Waals surface area (Å²) in [6.45, 7) is 8.71. The average molecular weight is 319 g/mol. The minimum absolute atomic E-state index is 0.0971. The minimum atomic E-state index is 0.0971. The topological polar surface area (TPSA) is 24.9 Å². The second kappa shape index (κ2) is 5.33. The molecule has 1 aromatic heterocycles. The summed E-state index contributed by atoms with van der Waals surface area (Å²) in [5.74, 6) is 0.858. The smallest absolute Gasteiger partial charge is 0.144 e. The van der Waals surface area contributed by atoms with Crippen molar-refractivity contribution in [2.24, 2.45) is 0 Å². The molecule has 0 aliphatic rings. The lowest BCUT2D eigenvalue weighted by molar-refractivity contribution is 0.592. The first-order chi connectivity index (χ1) is 8.89. The predicted molar refractivity (Wildman–Crippen MR) is 85.1 cm³/mol. The largest absolute Gasteiger partial charge is 0.339 e. The molecule has 0 radical (unpaired) electrons. The molecule has 19 heavy (non-hydrogen) atoms. The van der Waals surface area contributed by atoms with Crippen molar-refractivity contribution >= 4 is 27.4 Å². The Morgan fingerprint density at radius 1 is 1.11 bits per heavy atom. The number of anilines is 2. The lowest BCUT2D eigenvalue weighted by Crippen LogP contribution is -2.13. The van der Waals surface area contributed by atoms with E-state index < -0.39 is 0 Å².